The van der Waals surface area contributed by atoms with Gasteiger partial charge in [0.2, 0.25) is 0 Å². The van der Waals surface area contributed by atoms with E-state index in [1.54, 1.807) is 0 Å². The van der Waals surface area contributed by atoms with Crippen molar-refractivity contribution in [3.05, 3.63) is 0 Å². The van der Waals surface area contributed by atoms with Crippen molar-refractivity contribution in [1.29, 1.82) is 0 Å². The number of carbonyl (C=O) groups excluding carboxylic acids is 2. The summed E-state index contributed by atoms with van der Waals surface area (Å²) in [6.45, 7) is 11.6. The molecule has 4 saturated carbocycles. The molecule has 0 aromatic rings. The van der Waals surface area contributed by atoms with Crippen LogP contribution in [0.2, 0.25) is 0 Å². The van der Waals surface area contributed by atoms with Gasteiger partial charge in [-0.1, -0.05) is 27.7 Å². The van der Waals surface area contributed by atoms with Crippen LogP contribution in [0.4, 0.5) is 0 Å². The van der Waals surface area contributed by atoms with E-state index in [-0.39, 0.29) is 40.8 Å². The Bertz CT molecular complexity index is 861. The maximum atomic E-state index is 14.1. The predicted octanol–water partition coefficient (Wildman–Crippen LogP) is 5.54. The fourth-order valence-corrected chi connectivity index (χ4v) is 10.3. The summed E-state index contributed by atoms with van der Waals surface area (Å²) in [6, 6.07) is 0. The second kappa shape index (κ2) is 7.78. The molecule has 2 heterocycles. The molecule has 6 rings (SSSR count). The number of ketones is 1. The van der Waals surface area contributed by atoms with Gasteiger partial charge in [-0.3, -0.25) is 9.59 Å². The van der Waals surface area contributed by atoms with Crippen LogP contribution in [0.5, 0.6) is 0 Å². The molecule has 2 aliphatic heterocycles. The summed E-state index contributed by atoms with van der Waals surface area (Å²) in [5.41, 5.74) is -0.0934. The lowest BCUT2D eigenvalue weighted by Gasteiger charge is -2.60. The molecule has 34 heavy (non-hydrogen) atoms. The SMILES string of the molecule is CC(=O)O[C@H]1CC[C@@]2(C)[C@@H](CC[C@@H]3[C@@H]2CC(=O)[C@]2(C)[C@@H]4[C@H](C[C@@H]32)O[C@]2(CC[C@@H](C)CO2)[C@H]4C)C1. The zero-order chi connectivity index (χ0) is 24.0. The Balaban J connectivity index is 1.25. The van der Waals surface area contributed by atoms with E-state index in [9.17, 15) is 9.59 Å². The van der Waals surface area contributed by atoms with E-state index in [1.807, 2.05) is 0 Å². The summed E-state index contributed by atoms with van der Waals surface area (Å²) < 4.78 is 18.8. The minimum absolute atomic E-state index is 0.0613. The van der Waals surface area contributed by atoms with Crippen LogP contribution in [0.25, 0.3) is 0 Å². The second-order valence-electron chi connectivity index (χ2n) is 13.5. The molecule has 0 aromatic heterocycles. The van der Waals surface area contributed by atoms with E-state index in [1.165, 1.54) is 19.8 Å². The van der Waals surface area contributed by atoms with Crippen LogP contribution in [0.1, 0.15) is 92.4 Å². The van der Waals surface area contributed by atoms with Crippen molar-refractivity contribution < 1.29 is 23.8 Å². The number of hydrogen-bond donors (Lipinski definition) is 0. The normalized spacial score (nSPS) is 56.4. The first-order chi connectivity index (χ1) is 16.1. The highest BCUT2D eigenvalue weighted by Gasteiger charge is 2.71. The van der Waals surface area contributed by atoms with E-state index in [0.717, 1.165) is 51.6 Å². The Morgan fingerprint density at radius 1 is 1.03 bits per heavy atom. The van der Waals surface area contributed by atoms with Crippen LogP contribution < -0.4 is 0 Å². The summed E-state index contributed by atoms with van der Waals surface area (Å²) >= 11 is 0. The van der Waals surface area contributed by atoms with E-state index >= 15 is 0 Å². The van der Waals surface area contributed by atoms with Crippen LogP contribution in [-0.4, -0.2) is 36.4 Å². The number of Topliss-reactive ketones (excluding diaryl/α,β-unsaturated/α-hetero) is 1. The fourth-order valence-electron chi connectivity index (χ4n) is 10.3. The number of fused-ring (bicyclic) bond motifs is 7. The quantitative estimate of drug-likeness (QED) is 0.469. The van der Waals surface area contributed by atoms with Gasteiger partial charge < -0.3 is 14.2 Å². The van der Waals surface area contributed by atoms with Gasteiger partial charge in [0, 0.05) is 37.0 Å². The number of rotatable bonds is 1. The minimum Gasteiger partial charge on any atom is -0.463 e. The Morgan fingerprint density at radius 2 is 1.82 bits per heavy atom. The molecular formula is C29H44O5. The van der Waals surface area contributed by atoms with Crippen molar-refractivity contribution >= 4 is 11.8 Å². The van der Waals surface area contributed by atoms with E-state index in [2.05, 4.69) is 27.7 Å². The number of esters is 1. The van der Waals surface area contributed by atoms with E-state index in [0.29, 0.717) is 35.4 Å². The third-order valence-electron chi connectivity index (χ3n) is 12.1. The van der Waals surface area contributed by atoms with Gasteiger partial charge in [-0.25, -0.2) is 0 Å². The molecule has 0 bridgehead atoms. The highest BCUT2D eigenvalue weighted by molar-refractivity contribution is 5.87. The first kappa shape index (κ1) is 23.5. The van der Waals surface area contributed by atoms with Crippen LogP contribution in [-0.2, 0) is 23.8 Å². The molecule has 190 valence electrons. The monoisotopic (exact) mass is 472 g/mol. The van der Waals surface area contributed by atoms with E-state index < -0.39 is 5.79 Å². The summed E-state index contributed by atoms with van der Waals surface area (Å²) in [5, 5.41) is 0. The van der Waals surface area contributed by atoms with Crippen molar-refractivity contribution in [3.8, 4) is 0 Å². The largest absolute Gasteiger partial charge is 0.463 e. The summed E-state index contributed by atoms with van der Waals surface area (Å²) in [7, 11) is 0. The molecule has 12 atom stereocenters. The molecule has 4 aliphatic carbocycles. The number of carbonyl (C=O) groups is 2. The van der Waals surface area contributed by atoms with Gasteiger partial charge in [-0.15, -0.1) is 0 Å². The maximum Gasteiger partial charge on any atom is 0.302 e. The molecule has 0 amide bonds. The molecule has 1 spiro atoms. The van der Waals surface area contributed by atoms with Gasteiger partial charge in [0.05, 0.1) is 12.7 Å². The lowest BCUT2D eigenvalue weighted by molar-refractivity contribution is -0.272. The minimum atomic E-state index is -0.467. The van der Waals surface area contributed by atoms with Crippen molar-refractivity contribution in [2.24, 2.45) is 52.3 Å². The van der Waals surface area contributed by atoms with Crippen molar-refractivity contribution in [3.63, 3.8) is 0 Å². The average Bonchev–Trinajstić information content (AvgIpc) is 3.23. The van der Waals surface area contributed by atoms with Crippen LogP contribution in [0, 0.1) is 52.3 Å². The van der Waals surface area contributed by atoms with Crippen LogP contribution >= 0.6 is 0 Å². The Hall–Kier alpha value is -0.940. The van der Waals surface area contributed by atoms with Gasteiger partial charge in [0.1, 0.15) is 11.9 Å². The highest BCUT2D eigenvalue weighted by Crippen LogP contribution is 2.70. The van der Waals surface area contributed by atoms with Gasteiger partial charge >= 0.3 is 5.97 Å². The lowest BCUT2D eigenvalue weighted by Crippen LogP contribution is -2.58. The van der Waals surface area contributed by atoms with E-state index in [4.69, 9.17) is 14.2 Å². The van der Waals surface area contributed by atoms with Crippen LogP contribution in [0.3, 0.4) is 0 Å². The molecule has 0 N–H and O–H groups in total. The number of hydrogen-bond acceptors (Lipinski definition) is 5. The Labute approximate surface area is 205 Å². The third kappa shape index (κ3) is 3.11. The molecule has 0 aromatic carbocycles. The molecule has 2 saturated heterocycles. The lowest BCUT2D eigenvalue weighted by atomic mass is 9.44. The summed E-state index contributed by atoms with van der Waals surface area (Å²) in [5.74, 6) is 3.07. The second-order valence-corrected chi connectivity index (χ2v) is 13.5. The zero-order valence-electron chi connectivity index (χ0n) is 21.8. The van der Waals surface area contributed by atoms with Crippen molar-refractivity contribution in [2.75, 3.05) is 6.61 Å². The fraction of sp³-hybridized carbons (Fsp3) is 0.931. The van der Waals surface area contributed by atoms with Gasteiger partial charge in [0.25, 0.3) is 0 Å². The van der Waals surface area contributed by atoms with Crippen molar-refractivity contribution in [1.82, 2.24) is 0 Å². The average molecular weight is 473 g/mol. The Kier molecular flexibility index (Phi) is 5.37. The molecule has 6 fully saturated rings. The molecule has 6 aliphatic rings. The first-order valence-corrected chi connectivity index (χ1v) is 14.1. The van der Waals surface area contributed by atoms with Gasteiger partial charge in [0.15, 0.2) is 5.79 Å². The molecule has 5 nitrogen and oxygen atoms in total. The first-order valence-electron chi connectivity index (χ1n) is 14.1. The highest BCUT2D eigenvalue weighted by atomic mass is 16.7. The summed E-state index contributed by atoms with van der Waals surface area (Å²) in [4.78, 5) is 25.7. The third-order valence-corrected chi connectivity index (χ3v) is 12.1. The van der Waals surface area contributed by atoms with Crippen molar-refractivity contribution in [2.45, 2.75) is 110 Å². The topological polar surface area (TPSA) is 61.8 Å². The predicted molar refractivity (Wildman–Crippen MR) is 128 cm³/mol. The van der Waals surface area contributed by atoms with Gasteiger partial charge in [-0.2, -0.15) is 0 Å². The molecule has 0 unspecified atom stereocenters. The molecule has 0 radical (unpaired) electrons. The molecular weight excluding hydrogens is 428 g/mol. The zero-order valence-corrected chi connectivity index (χ0v) is 21.8. The smallest absolute Gasteiger partial charge is 0.302 e. The van der Waals surface area contributed by atoms with Crippen LogP contribution in [0.15, 0.2) is 0 Å². The number of ether oxygens (including phenoxy) is 3. The van der Waals surface area contributed by atoms with Gasteiger partial charge in [-0.05, 0) is 80.0 Å². The maximum absolute atomic E-state index is 14.1. The summed E-state index contributed by atoms with van der Waals surface area (Å²) in [6.07, 6.45) is 9.47. The standard InChI is InChI=1S/C29H44O5/c1-16-8-11-29(32-15-16)17(2)26-24(34-29)13-23-21-7-6-19-12-20(33-18(3)30)9-10-27(19,4)22(21)14-25(31)28(23,26)5/h16-17,19-24,26H,6-15H2,1-5H3/t16-,17+,19+,20+,21-,22+,23+,24+,26+,27+,28-,29-/m1/s1. The molecule has 5 heteroatoms. The Morgan fingerprint density at radius 3 is 2.53 bits per heavy atom.